The van der Waals surface area contributed by atoms with Crippen molar-refractivity contribution in [3.63, 3.8) is 0 Å². The van der Waals surface area contributed by atoms with Crippen LogP contribution in [0.3, 0.4) is 0 Å². The van der Waals surface area contributed by atoms with Gasteiger partial charge in [-0.25, -0.2) is 9.98 Å². The Bertz CT molecular complexity index is 786. The third-order valence-electron chi connectivity index (χ3n) is 3.98. The highest BCUT2D eigenvalue weighted by molar-refractivity contribution is 7.09. The zero-order valence-electron chi connectivity index (χ0n) is 13.7. The first-order valence-corrected chi connectivity index (χ1v) is 8.70. The molecule has 1 aliphatic rings. The normalized spacial score (nSPS) is 17.0. The van der Waals surface area contributed by atoms with Gasteiger partial charge in [-0.3, -0.25) is 0 Å². The monoisotopic (exact) mass is 326 g/mol. The van der Waals surface area contributed by atoms with Crippen LogP contribution in [0.15, 0.2) is 35.5 Å². The number of nitrogens with zero attached hydrogens (tertiary/aromatic N) is 4. The summed E-state index contributed by atoms with van der Waals surface area (Å²) < 4.78 is 1.09. The average Bonchev–Trinajstić information content (AvgIpc) is 2.92. The van der Waals surface area contributed by atoms with E-state index in [9.17, 15) is 0 Å². The number of aryl methyl sites for hydroxylation is 1. The quantitative estimate of drug-likeness (QED) is 0.807. The number of hydrogen-bond donors (Lipinski definition) is 0. The van der Waals surface area contributed by atoms with Crippen molar-refractivity contribution >= 4 is 35.8 Å². The molecular formula is C18H22N4S. The van der Waals surface area contributed by atoms with Gasteiger partial charge in [-0.15, -0.1) is 11.3 Å². The highest BCUT2D eigenvalue weighted by Gasteiger charge is 2.20. The van der Waals surface area contributed by atoms with E-state index in [0.717, 1.165) is 47.6 Å². The number of aromatic nitrogens is 1. The number of aliphatic imine (C=N–C) groups is 1. The third-order valence-corrected chi connectivity index (χ3v) is 4.88. The zero-order chi connectivity index (χ0) is 16.2. The lowest BCUT2D eigenvalue weighted by molar-refractivity contribution is 0.359. The van der Waals surface area contributed by atoms with Gasteiger partial charge in [-0.05, 0) is 32.0 Å². The lowest BCUT2D eigenvalue weighted by atomic mass is 10.2. The molecule has 1 aliphatic heterocycles. The van der Waals surface area contributed by atoms with E-state index < -0.39 is 0 Å². The van der Waals surface area contributed by atoms with Gasteiger partial charge in [0.2, 0.25) is 0 Å². The largest absolute Gasteiger partial charge is 0.353 e. The summed E-state index contributed by atoms with van der Waals surface area (Å²) in [4.78, 5) is 15.0. The van der Waals surface area contributed by atoms with Crippen LogP contribution in [0.2, 0.25) is 0 Å². The van der Waals surface area contributed by atoms with E-state index in [2.05, 4.69) is 45.4 Å². The molecule has 0 radical (unpaired) electrons. The molecule has 23 heavy (non-hydrogen) atoms. The Kier molecular flexibility index (Phi) is 4.76. The molecule has 3 rings (SSSR count). The number of hydrogen-bond acceptors (Lipinski definition) is 5. The zero-order valence-corrected chi connectivity index (χ0v) is 14.5. The van der Waals surface area contributed by atoms with Crippen LogP contribution in [0.5, 0.6) is 0 Å². The molecule has 0 N–H and O–H groups in total. The van der Waals surface area contributed by atoms with Crippen LogP contribution in [-0.4, -0.2) is 42.3 Å². The van der Waals surface area contributed by atoms with Gasteiger partial charge in [0.1, 0.15) is 11.6 Å². The van der Waals surface area contributed by atoms with Crippen molar-refractivity contribution in [2.24, 2.45) is 4.99 Å². The Morgan fingerprint density at radius 3 is 2.65 bits per heavy atom. The molecule has 120 valence electrons. The standard InChI is InChI=1S/C18H22N4S/c1-4-19-18(16-13-14(2)23-15(16)3)22-11-9-21(10-12-22)17-7-5-6-8-20-17/h4-8,13H,3,9-12H2,1-2H3/b18-16+,19-4?. The predicted octanol–water partition coefficient (Wildman–Crippen LogP) is 1.84. The number of anilines is 1. The Labute approximate surface area is 141 Å². The van der Waals surface area contributed by atoms with Crippen molar-refractivity contribution in [2.45, 2.75) is 13.8 Å². The Balaban J connectivity index is 1.84. The SMILES string of the molecule is C=c1sc(C)c/c1=C(/N=CC)N1CCN(c2ccccn2)CC1. The van der Waals surface area contributed by atoms with E-state index in [-0.39, 0.29) is 0 Å². The number of piperazine rings is 1. The second-order valence-corrected chi connectivity index (χ2v) is 6.91. The molecule has 2 aromatic rings. The predicted molar refractivity (Wildman–Crippen MR) is 99.4 cm³/mol. The molecular weight excluding hydrogens is 304 g/mol. The van der Waals surface area contributed by atoms with Crippen LogP contribution in [0.25, 0.3) is 12.4 Å². The van der Waals surface area contributed by atoms with Gasteiger partial charge in [-0.1, -0.05) is 12.6 Å². The summed E-state index contributed by atoms with van der Waals surface area (Å²) in [6.45, 7) is 12.1. The average molecular weight is 326 g/mol. The van der Waals surface area contributed by atoms with Gasteiger partial charge in [-0.2, -0.15) is 0 Å². The third kappa shape index (κ3) is 3.45. The van der Waals surface area contributed by atoms with E-state index in [4.69, 9.17) is 0 Å². The summed E-state index contributed by atoms with van der Waals surface area (Å²) in [6, 6.07) is 8.26. The number of pyridine rings is 1. The van der Waals surface area contributed by atoms with E-state index in [1.807, 2.05) is 31.5 Å². The lowest BCUT2D eigenvalue weighted by Gasteiger charge is -2.36. The maximum absolute atomic E-state index is 4.64. The summed E-state index contributed by atoms with van der Waals surface area (Å²) in [5.74, 6) is 2.10. The molecule has 5 heteroatoms. The smallest absolute Gasteiger partial charge is 0.136 e. The summed E-state index contributed by atoms with van der Waals surface area (Å²) in [6.07, 6.45) is 3.72. The first kappa shape index (κ1) is 15.7. The first-order chi connectivity index (χ1) is 11.2. The van der Waals surface area contributed by atoms with Gasteiger partial charge in [0.15, 0.2) is 0 Å². The van der Waals surface area contributed by atoms with Crippen LogP contribution in [-0.2, 0) is 0 Å². The van der Waals surface area contributed by atoms with Crippen LogP contribution in [0.4, 0.5) is 5.82 Å². The summed E-state index contributed by atoms with van der Waals surface area (Å²) in [5.41, 5.74) is 0. The second kappa shape index (κ2) is 6.96. The van der Waals surface area contributed by atoms with E-state index in [1.165, 1.54) is 4.88 Å². The van der Waals surface area contributed by atoms with E-state index in [0.29, 0.717) is 0 Å². The summed E-state index contributed by atoms with van der Waals surface area (Å²) in [7, 11) is 0. The van der Waals surface area contributed by atoms with Crippen LogP contribution in [0, 0.1) is 6.92 Å². The van der Waals surface area contributed by atoms with Gasteiger partial charge in [0.05, 0.1) is 0 Å². The van der Waals surface area contributed by atoms with Crippen LogP contribution in [0.1, 0.15) is 11.8 Å². The van der Waals surface area contributed by atoms with Crippen molar-refractivity contribution in [2.75, 3.05) is 31.1 Å². The number of thiophene rings is 1. The van der Waals surface area contributed by atoms with Crippen molar-refractivity contribution < 1.29 is 0 Å². The Hall–Kier alpha value is -2.14. The fourth-order valence-corrected chi connectivity index (χ4v) is 3.71. The van der Waals surface area contributed by atoms with Crippen molar-refractivity contribution in [3.05, 3.63) is 45.1 Å². The lowest BCUT2D eigenvalue weighted by Crippen LogP contribution is -2.47. The molecule has 1 fully saturated rings. The molecule has 0 amide bonds. The maximum atomic E-state index is 4.64. The fourth-order valence-electron chi connectivity index (χ4n) is 2.88. The minimum atomic E-state index is 0.942. The molecule has 0 aliphatic carbocycles. The minimum Gasteiger partial charge on any atom is -0.353 e. The van der Waals surface area contributed by atoms with Crippen molar-refractivity contribution in [1.82, 2.24) is 9.88 Å². The van der Waals surface area contributed by atoms with Gasteiger partial charge in [0.25, 0.3) is 0 Å². The molecule has 1 saturated heterocycles. The van der Waals surface area contributed by atoms with Gasteiger partial charge in [0, 0.05) is 53.2 Å². The van der Waals surface area contributed by atoms with Gasteiger partial charge < -0.3 is 9.80 Å². The molecule has 0 spiro atoms. The molecule has 0 atom stereocenters. The van der Waals surface area contributed by atoms with Crippen LogP contribution < -0.4 is 14.7 Å². The molecule has 0 bridgehead atoms. The second-order valence-electron chi connectivity index (χ2n) is 5.57. The minimum absolute atomic E-state index is 0.942. The number of rotatable bonds is 3. The van der Waals surface area contributed by atoms with Crippen molar-refractivity contribution in [3.8, 4) is 0 Å². The van der Waals surface area contributed by atoms with Crippen LogP contribution >= 0.6 is 11.3 Å². The first-order valence-electron chi connectivity index (χ1n) is 7.88. The summed E-state index contributed by atoms with van der Waals surface area (Å²) in [5, 5.41) is 1.16. The highest BCUT2D eigenvalue weighted by Crippen LogP contribution is 2.16. The molecule has 0 aromatic carbocycles. The Morgan fingerprint density at radius 2 is 2.09 bits per heavy atom. The molecule has 0 unspecified atom stereocenters. The summed E-state index contributed by atoms with van der Waals surface area (Å²) >= 11 is 1.73. The molecule has 0 saturated carbocycles. The van der Waals surface area contributed by atoms with Crippen molar-refractivity contribution in [1.29, 1.82) is 0 Å². The fraction of sp³-hybridized carbons (Fsp3) is 0.333. The molecule has 4 nitrogen and oxygen atoms in total. The highest BCUT2D eigenvalue weighted by atomic mass is 32.1. The maximum Gasteiger partial charge on any atom is 0.136 e. The molecule has 2 aromatic heterocycles. The Morgan fingerprint density at radius 1 is 1.30 bits per heavy atom. The topological polar surface area (TPSA) is 31.7 Å². The van der Waals surface area contributed by atoms with E-state index >= 15 is 0 Å². The molecule has 3 heterocycles. The van der Waals surface area contributed by atoms with Gasteiger partial charge >= 0.3 is 0 Å². The van der Waals surface area contributed by atoms with E-state index in [1.54, 1.807) is 11.3 Å².